The van der Waals surface area contributed by atoms with Gasteiger partial charge in [0.2, 0.25) is 0 Å². The van der Waals surface area contributed by atoms with Crippen LogP contribution in [0.4, 0.5) is 5.82 Å². The molecule has 3 aromatic rings. The minimum atomic E-state index is -0.0452. The van der Waals surface area contributed by atoms with Crippen molar-refractivity contribution in [3.63, 3.8) is 0 Å². The van der Waals surface area contributed by atoms with Crippen LogP contribution in [0.15, 0.2) is 24.5 Å². The summed E-state index contributed by atoms with van der Waals surface area (Å²) in [5, 5.41) is 11.0. The van der Waals surface area contributed by atoms with Crippen molar-refractivity contribution in [2.45, 2.75) is 19.9 Å². The topological polar surface area (TPSA) is 88.6 Å². The maximum Gasteiger partial charge on any atom is 0.146 e. The zero-order chi connectivity index (χ0) is 14.8. The number of benzene rings is 1. The van der Waals surface area contributed by atoms with Gasteiger partial charge in [0.05, 0.1) is 18.7 Å². The van der Waals surface area contributed by atoms with E-state index < -0.39 is 0 Å². The number of H-pyrrole nitrogens is 1. The zero-order valence-corrected chi connectivity index (χ0v) is 12.1. The highest BCUT2D eigenvalue weighted by Crippen LogP contribution is 2.27. The lowest BCUT2D eigenvalue weighted by Gasteiger charge is -2.14. The van der Waals surface area contributed by atoms with Gasteiger partial charge in [0.25, 0.3) is 0 Å². The third-order valence-electron chi connectivity index (χ3n) is 3.21. The summed E-state index contributed by atoms with van der Waals surface area (Å²) in [6, 6.07) is 5.69. The molecule has 7 heteroatoms. The van der Waals surface area contributed by atoms with Gasteiger partial charge in [-0.3, -0.25) is 5.10 Å². The Bertz CT molecular complexity index is 756. The molecule has 1 aromatic carbocycles. The van der Waals surface area contributed by atoms with Crippen molar-refractivity contribution < 1.29 is 4.74 Å². The Morgan fingerprint density at radius 2 is 2.14 bits per heavy atom. The molecule has 0 amide bonds. The SMILES string of the molecule is COc1ccc2nc(C)nc(NC(C)c3ncn[nH]3)c2c1. The molecule has 0 spiro atoms. The average Bonchev–Trinajstić information content (AvgIpc) is 3.01. The van der Waals surface area contributed by atoms with Gasteiger partial charge in [0.15, 0.2) is 0 Å². The number of fused-ring (bicyclic) bond motifs is 1. The summed E-state index contributed by atoms with van der Waals surface area (Å²) in [7, 11) is 1.64. The second-order valence-corrected chi connectivity index (χ2v) is 4.74. The van der Waals surface area contributed by atoms with Crippen molar-refractivity contribution >= 4 is 16.7 Å². The van der Waals surface area contributed by atoms with Crippen LogP contribution in [0.1, 0.15) is 24.6 Å². The molecule has 2 aromatic heterocycles. The van der Waals surface area contributed by atoms with E-state index >= 15 is 0 Å². The third-order valence-corrected chi connectivity index (χ3v) is 3.21. The van der Waals surface area contributed by atoms with Gasteiger partial charge >= 0.3 is 0 Å². The van der Waals surface area contributed by atoms with Crippen LogP contribution in [-0.2, 0) is 0 Å². The summed E-state index contributed by atoms with van der Waals surface area (Å²) in [4.78, 5) is 13.1. The number of nitrogens with zero attached hydrogens (tertiary/aromatic N) is 4. The summed E-state index contributed by atoms with van der Waals surface area (Å²) >= 11 is 0. The van der Waals surface area contributed by atoms with E-state index in [4.69, 9.17) is 4.74 Å². The molecular formula is C14H16N6O. The number of aryl methyl sites for hydroxylation is 1. The number of hydrogen-bond donors (Lipinski definition) is 2. The van der Waals surface area contributed by atoms with E-state index in [2.05, 4.69) is 30.5 Å². The van der Waals surface area contributed by atoms with Gasteiger partial charge in [0, 0.05) is 5.39 Å². The largest absolute Gasteiger partial charge is 0.497 e. The molecule has 7 nitrogen and oxygen atoms in total. The van der Waals surface area contributed by atoms with Crippen LogP contribution in [-0.4, -0.2) is 32.3 Å². The highest BCUT2D eigenvalue weighted by molar-refractivity contribution is 5.90. The molecule has 108 valence electrons. The van der Waals surface area contributed by atoms with E-state index in [1.54, 1.807) is 7.11 Å². The smallest absolute Gasteiger partial charge is 0.146 e. The number of aromatic amines is 1. The number of rotatable bonds is 4. The zero-order valence-electron chi connectivity index (χ0n) is 12.1. The molecule has 2 N–H and O–H groups in total. The van der Waals surface area contributed by atoms with Gasteiger partial charge < -0.3 is 10.1 Å². The highest BCUT2D eigenvalue weighted by atomic mass is 16.5. The van der Waals surface area contributed by atoms with Gasteiger partial charge in [-0.1, -0.05) is 0 Å². The molecular weight excluding hydrogens is 268 g/mol. The standard InChI is InChI=1S/C14H16N6O/c1-8(13-15-7-16-20-13)17-14-11-6-10(21-3)4-5-12(11)18-9(2)19-14/h4-8H,1-3H3,(H,15,16,20)(H,17,18,19). The van der Waals surface area contributed by atoms with Crippen molar-refractivity contribution in [2.75, 3.05) is 12.4 Å². The fourth-order valence-electron chi connectivity index (χ4n) is 2.16. The lowest BCUT2D eigenvalue weighted by Crippen LogP contribution is -2.11. The van der Waals surface area contributed by atoms with Gasteiger partial charge in [-0.2, -0.15) is 5.10 Å². The first kappa shape index (κ1) is 13.3. The lowest BCUT2D eigenvalue weighted by atomic mass is 10.2. The molecule has 2 heterocycles. The molecule has 3 rings (SSSR count). The van der Waals surface area contributed by atoms with Crippen molar-refractivity contribution in [3.8, 4) is 5.75 Å². The van der Waals surface area contributed by atoms with Crippen LogP contribution < -0.4 is 10.1 Å². The summed E-state index contributed by atoms with van der Waals surface area (Å²) in [5.41, 5.74) is 0.871. The lowest BCUT2D eigenvalue weighted by molar-refractivity contribution is 0.415. The van der Waals surface area contributed by atoms with Crippen LogP contribution in [0.3, 0.4) is 0 Å². The maximum absolute atomic E-state index is 5.27. The predicted molar refractivity (Wildman–Crippen MR) is 79.2 cm³/mol. The average molecular weight is 284 g/mol. The fraction of sp³-hybridized carbons (Fsp3) is 0.286. The Morgan fingerprint density at radius 3 is 2.86 bits per heavy atom. The van der Waals surface area contributed by atoms with Gasteiger partial charge in [0.1, 0.15) is 29.5 Å². The molecule has 0 fully saturated rings. The van der Waals surface area contributed by atoms with E-state index in [1.807, 2.05) is 32.0 Å². The third kappa shape index (κ3) is 2.62. The van der Waals surface area contributed by atoms with Crippen molar-refractivity contribution in [2.24, 2.45) is 0 Å². The molecule has 21 heavy (non-hydrogen) atoms. The molecule has 0 aliphatic heterocycles. The number of anilines is 1. The van der Waals surface area contributed by atoms with Crippen molar-refractivity contribution in [1.29, 1.82) is 0 Å². The molecule has 0 bridgehead atoms. The molecule has 1 atom stereocenters. The number of nitrogens with one attached hydrogen (secondary N) is 2. The molecule has 1 unspecified atom stereocenters. The quantitative estimate of drug-likeness (QED) is 0.763. The summed E-state index contributed by atoms with van der Waals surface area (Å²) in [5.74, 6) is 2.98. The Hall–Kier alpha value is -2.70. The predicted octanol–water partition coefficient (Wildman–Crippen LogP) is 2.24. The van der Waals surface area contributed by atoms with E-state index in [-0.39, 0.29) is 6.04 Å². The van der Waals surface area contributed by atoms with Crippen molar-refractivity contribution in [1.82, 2.24) is 25.1 Å². The molecule has 0 aliphatic rings. The van der Waals surface area contributed by atoms with Crippen LogP contribution in [0.2, 0.25) is 0 Å². The van der Waals surface area contributed by atoms with E-state index in [0.717, 1.165) is 28.3 Å². The summed E-state index contributed by atoms with van der Waals surface area (Å²) in [6.07, 6.45) is 1.49. The van der Waals surface area contributed by atoms with Gasteiger partial charge in [-0.05, 0) is 32.0 Å². The molecule has 0 saturated heterocycles. The van der Waals surface area contributed by atoms with Crippen LogP contribution in [0, 0.1) is 6.92 Å². The highest BCUT2D eigenvalue weighted by Gasteiger charge is 2.13. The first-order valence-electron chi connectivity index (χ1n) is 6.61. The second kappa shape index (κ2) is 5.35. The molecule has 0 aliphatic carbocycles. The van der Waals surface area contributed by atoms with E-state index in [9.17, 15) is 0 Å². The first-order chi connectivity index (χ1) is 10.2. The number of aromatic nitrogens is 5. The van der Waals surface area contributed by atoms with Gasteiger partial charge in [-0.15, -0.1) is 0 Å². The van der Waals surface area contributed by atoms with Gasteiger partial charge in [-0.25, -0.2) is 15.0 Å². The van der Waals surface area contributed by atoms with E-state index in [0.29, 0.717) is 5.82 Å². The summed E-state index contributed by atoms with van der Waals surface area (Å²) in [6.45, 7) is 3.86. The Morgan fingerprint density at radius 1 is 1.29 bits per heavy atom. The normalized spacial score (nSPS) is 12.3. The summed E-state index contributed by atoms with van der Waals surface area (Å²) < 4.78 is 5.27. The van der Waals surface area contributed by atoms with Crippen LogP contribution in [0.5, 0.6) is 5.75 Å². The monoisotopic (exact) mass is 284 g/mol. The Kier molecular flexibility index (Phi) is 3.39. The molecule has 0 radical (unpaired) electrons. The number of ether oxygens (including phenoxy) is 1. The number of hydrogen-bond acceptors (Lipinski definition) is 6. The minimum Gasteiger partial charge on any atom is -0.497 e. The van der Waals surface area contributed by atoms with Crippen LogP contribution in [0.25, 0.3) is 10.9 Å². The fourth-order valence-corrected chi connectivity index (χ4v) is 2.16. The van der Waals surface area contributed by atoms with E-state index in [1.165, 1.54) is 6.33 Å². The van der Waals surface area contributed by atoms with Crippen LogP contribution >= 0.6 is 0 Å². The Labute approximate surface area is 121 Å². The minimum absolute atomic E-state index is 0.0452. The molecule has 0 saturated carbocycles. The maximum atomic E-state index is 5.27. The Balaban J connectivity index is 2.03. The number of methoxy groups -OCH3 is 1. The first-order valence-corrected chi connectivity index (χ1v) is 6.61. The second-order valence-electron chi connectivity index (χ2n) is 4.74. The van der Waals surface area contributed by atoms with Crippen molar-refractivity contribution in [3.05, 3.63) is 36.2 Å².